The summed E-state index contributed by atoms with van der Waals surface area (Å²) in [4.78, 5) is 10.9. The summed E-state index contributed by atoms with van der Waals surface area (Å²) in [6, 6.07) is 15.9. The monoisotopic (exact) mass is 371 g/mol. The van der Waals surface area contributed by atoms with Crippen molar-refractivity contribution in [3.05, 3.63) is 70.7 Å². The van der Waals surface area contributed by atoms with Crippen LogP contribution in [-0.4, -0.2) is 26.6 Å². The van der Waals surface area contributed by atoms with Crippen molar-refractivity contribution in [3.63, 3.8) is 0 Å². The summed E-state index contributed by atoms with van der Waals surface area (Å²) in [6.45, 7) is 0.534. The van der Waals surface area contributed by atoms with Crippen molar-refractivity contribution in [1.82, 2.24) is 4.72 Å². The normalized spacial score (nSPS) is 18.3. The molecule has 7 heteroatoms. The molecule has 0 aromatic heterocycles. The predicted octanol–water partition coefficient (Wildman–Crippen LogP) is 3.42. The Hall–Kier alpha value is -1.40. The van der Waals surface area contributed by atoms with Gasteiger partial charge in [-0.15, -0.1) is 11.6 Å². The second-order valence-electron chi connectivity index (χ2n) is 4.86. The quantitative estimate of drug-likeness (QED) is 0.663. The van der Waals surface area contributed by atoms with Gasteiger partial charge in [0.05, 0.1) is 5.88 Å². The molecule has 1 N–H and O–H groups in total. The Bertz CT molecular complexity index is 762. The lowest BCUT2D eigenvalue weighted by molar-refractivity contribution is 0.102. The zero-order chi connectivity index (χ0) is 16.9. The summed E-state index contributed by atoms with van der Waals surface area (Å²) >= 11 is 11.0. The Morgan fingerprint density at radius 3 is 2.13 bits per heavy atom. The number of hydrogen-bond acceptors (Lipinski definition) is 3. The van der Waals surface area contributed by atoms with E-state index in [1.54, 1.807) is 24.3 Å². The van der Waals surface area contributed by atoms with E-state index in [0.717, 1.165) is 5.56 Å². The van der Waals surface area contributed by atoms with Gasteiger partial charge in [0.25, 0.3) is 0 Å². The van der Waals surface area contributed by atoms with E-state index in [4.69, 9.17) is 23.2 Å². The highest BCUT2D eigenvalue weighted by Crippen LogP contribution is 2.26. The highest BCUT2D eigenvalue weighted by Gasteiger charge is 2.35. The Morgan fingerprint density at radius 2 is 1.70 bits per heavy atom. The molecule has 0 radical (unpaired) electrons. The van der Waals surface area contributed by atoms with Gasteiger partial charge in [-0.1, -0.05) is 41.9 Å². The highest BCUT2D eigenvalue weighted by atomic mass is 35.5. The Morgan fingerprint density at radius 1 is 1.09 bits per heavy atom. The van der Waals surface area contributed by atoms with Crippen LogP contribution in [0.25, 0.3) is 0 Å². The fraction of sp³-hybridized carbons (Fsp3) is 0.188. The summed E-state index contributed by atoms with van der Waals surface area (Å²) in [5.74, 6) is -0.0647. The lowest BCUT2D eigenvalue weighted by atomic mass is 10.1. The van der Waals surface area contributed by atoms with E-state index in [2.05, 4.69) is 4.72 Å². The number of halogens is 2. The summed E-state index contributed by atoms with van der Waals surface area (Å²) in [5.41, 5.74) is 1.47. The molecule has 3 rings (SSSR count). The van der Waals surface area contributed by atoms with Gasteiger partial charge >= 0.3 is 0 Å². The van der Waals surface area contributed by atoms with Gasteiger partial charge in [0.1, 0.15) is 5.25 Å². The average Bonchev–Trinajstić information content (AvgIpc) is 2.55. The van der Waals surface area contributed by atoms with Gasteiger partial charge in [-0.2, -0.15) is 0 Å². The number of hydrogen-bond donors (Lipinski definition) is 1. The Kier molecular flexibility index (Phi) is 6.18. The molecule has 1 aliphatic heterocycles. The second kappa shape index (κ2) is 7.93. The van der Waals surface area contributed by atoms with Crippen molar-refractivity contribution in [3.8, 4) is 0 Å². The SMILES string of the molecule is O=C(CCl)c1ccc(Cl)cc1.O=S1(=O)NCC1c1ccccc1. The summed E-state index contributed by atoms with van der Waals surface area (Å²) < 4.78 is 24.6. The van der Waals surface area contributed by atoms with E-state index < -0.39 is 10.0 Å². The van der Waals surface area contributed by atoms with Crippen molar-refractivity contribution in [2.45, 2.75) is 5.25 Å². The molecule has 23 heavy (non-hydrogen) atoms. The van der Waals surface area contributed by atoms with Gasteiger partial charge in [-0.25, -0.2) is 13.1 Å². The van der Waals surface area contributed by atoms with Crippen LogP contribution in [0.4, 0.5) is 0 Å². The van der Waals surface area contributed by atoms with Gasteiger partial charge in [-0.3, -0.25) is 4.79 Å². The number of alkyl halides is 1. The molecule has 0 aliphatic carbocycles. The first kappa shape index (κ1) is 17.9. The maximum absolute atomic E-state index is 11.1. The van der Waals surface area contributed by atoms with Crippen LogP contribution < -0.4 is 4.72 Å². The van der Waals surface area contributed by atoms with Crippen LogP contribution in [0.15, 0.2) is 54.6 Å². The van der Waals surface area contributed by atoms with Crippen LogP contribution >= 0.6 is 23.2 Å². The smallest absolute Gasteiger partial charge is 0.220 e. The molecule has 4 nitrogen and oxygen atoms in total. The van der Waals surface area contributed by atoms with Crippen LogP contribution in [0.2, 0.25) is 5.02 Å². The number of carbonyl (C=O) groups is 1. The predicted molar refractivity (Wildman–Crippen MR) is 92.6 cm³/mol. The molecule has 1 fully saturated rings. The lowest BCUT2D eigenvalue weighted by Gasteiger charge is -2.27. The molecule has 0 amide bonds. The minimum Gasteiger partial charge on any atom is -0.293 e. The number of rotatable bonds is 3. The average molecular weight is 372 g/mol. The van der Waals surface area contributed by atoms with E-state index in [0.29, 0.717) is 17.1 Å². The standard InChI is InChI=1S/C8H6Cl2O.C8H9NO2S/c9-5-8(11)6-1-3-7(10)4-2-6;10-12(11)8(6-9-12)7-4-2-1-3-5-7/h1-4H,5H2;1-5,8-9H,6H2. The van der Waals surface area contributed by atoms with Gasteiger partial charge in [0.15, 0.2) is 5.78 Å². The van der Waals surface area contributed by atoms with Gasteiger partial charge in [0, 0.05) is 17.1 Å². The second-order valence-corrected chi connectivity index (χ2v) is 7.51. The molecule has 2 aromatic rings. The van der Waals surface area contributed by atoms with Gasteiger partial charge < -0.3 is 0 Å². The molecular weight excluding hydrogens is 357 g/mol. The van der Waals surface area contributed by atoms with E-state index in [1.165, 1.54) is 0 Å². The van der Waals surface area contributed by atoms with Crippen LogP contribution in [0, 0.1) is 0 Å². The van der Waals surface area contributed by atoms with E-state index >= 15 is 0 Å². The molecule has 0 spiro atoms. The number of ketones is 1. The van der Waals surface area contributed by atoms with E-state index in [9.17, 15) is 13.2 Å². The highest BCUT2D eigenvalue weighted by molar-refractivity contribution is 7.91. The Labute approximate surface area is 145 Å². The van der Waals surface area contributed by atoms with Gasteiger partial charge in [0.2, 0.25) is 10.0 Å². The third-order valence-electron chi connectivity index (χ3n) is 3.30. The van der Waals surface area contributed by atoms with E-state index in [-0.39, 0.29) is 16.9 Å². The third-order valence-corrected chi connectivity index (χ3v) is 5.56. The molecule has 1 heterocycles. The first-order valence-corrected chi connectivity index (χ1v) is 9.28. The molecule has 0 saturated carbocycles. The third kappa shape index (κ3) is 4.78. The van der Waals surface area contributed by atoms with Crippen molar-refractivity contribution in [2.75, 3.05) is 12.4 Å². The zero-order valence-corrected chi connectivity index (χ0v) is 14.4. The van der Waals surface area contributed by atoms with E-state index in [1.807, 2.05) is 30.3 Å². The molecule has 122 valence electrons. The topological polar surface area (TPSA) is 63.2 Å². The number of sulfonamides is 1. The molecule has 1 aliphatic rings. The summed E-state index contributed by atoms with van der Waals surface area (Å²) in [5, 5.41) is 0.287. The van der Waals surface area contributed by atoms with Crippen molar-refractivity contribution in [1.29, 1.82) is 0 Å². The zero-order valence-electron chi connectivity index (χ0n) is 12.1. The first-order chi connectivity index (χ1) is 10.9. The number of nitrogens with one attached hydrogen (secondary N) is 1. The van der Waals surface area contributed by atoms with Gasteiger partial charge in [-0.05, 0) is 29.8 Å². The number of carbonyl (C=O) groups excluding carboxylic acids is 1. The minimum absolute atomic E-state index is 0.0155. The van der Waals surface area contributed by atoms with Crippen LogP contribution in [-0.2, 0) is 10.0 Å². The fourth-order valence-electron chi connectivity index (χ4n) is 1.98. The maximum Gasteiger partial charge on any atom is 0.220 e. The number of benzene rings is 2. The maximum atomic E-state index is 11.1. The number of Topliss-reactive ketones (excluding diaryl/α,β-unsaturated/α-hetero) is 1. The van der Waals surface area contributed by atoms with Crippen LogP contribution in [0.5, 0.6) is 0 Å². The minimum atomic E-state index is -3.03. The summed E-state index contributed by atoms with van der Waals surface area (Å²) in [7, 11) is -3.03. The van der Waals surface area contributed by atoms with Crippen molar-refractivity contribution < 1.29 is 13.2 Å². The van der Waals surface area contributed by atoms with Crippen molar-refractivity contribution >= 4 is 39.0 Å². The Balaban J connectivity index is 0.000000168. The first-order valence-electron chi connectivity index (χ1n) is 6.82. The molecular formula is C16H15Cl2NO3S. The molecule has 0 bridgehead atoms. The summed E-state index contributed by atoms with van der Waals surface area (Å²) in [6.07, 6.45) is 0. The largest absolute Gasteiger partial charge is 0.293 e. The molecule has 1 saturated heterocycles. The fourth-order valence-corrected chi connectivity index (χ4v) is 3.38. The van der Waals surface area contributed by atoms with Crippen LogP contribution in [0.1, 0.15) is 21.2 Å². The molecule has 2 aromatic carbocycles. The van der Waals surface area contributed by atoms with Crippen molar-refractivity contribution in [2.24, 2.45) is 0 Å². The molecule has 1 atom stereocenters. The van der Waals surface area contributed by atoms with Crippen LogP contribution in [0.3, 0.4) is 0 Å². The molecule has 1 unspecified atom stereocenters. The lowest BCUT2D eigenvalue weighted by Crippen LogP contribution is -2.45.